The second-order valence-corrected chi connectivity index (χ2v) is 10.5. The molecule has 1 heterocycles. The lowest BCUT2D eigenvalue weighted by molar-refractivity contribution is -0.143. The first-order valence-electron chi connectivity index (χ1n) is 13.3. The fraction of sp³-hybridized carbons (Fsp3) is 0.355. The van der Waals surface area contributed by atoms with Gasteiger partial charge in [0.1, 0.15) is 18.1 Å². The first-order chi connectivity index (χ1) is 19.2. The summed E-state index contributed by atoms with van der Waals surface area (Å²) in [6.07, 6.45) is 0.706. The van der Waals surface area contributed by atoms with Gasteiger partial charge in [0.2, 0.25) is 11.8 Å². The van der Waals surface area contributed by atoms with Crippen LogP contribution in [0.25, 0.3) is 11.0 Å². The minimum Gasteiger partial charge on any atom is -0.493 e. The summed E-state index contributed by atoms with van der Waals surface area (Å²) in [4.78, 5) is 30.0. The van der Waals surface area contributed by atoms with Crippen molar-refractivity contribution >= 4 is 22.8 Å². The van der Waals surface area contributed by atoms with Crippen LogP contribution in [0.2, 0.25) is 0 Å². The van der Waals surface area contributed by atoms with Crippen LogP contribution < -0.4 is 14.8 Å². The number of hydrogen-bond acceptors (Lipinski definition) is 6. The van der Waals surface area contributed by atoms with E-state index in [1.54, 1.807) is 34.9 Å². The first kappa shape index (κ1) is 28.6. The Morgan fingerprint density at radius 2 is 1.73 bits per heavy atom. The van der Waals surface area contributed by atoms with Crippen LogP contribution in [0.5, 0.6) is 11.5 Å². The van der Waals surface area contributed by atoms with E-state index >= 15 is 0 Å². The second kappa shape index (κ2) is 12.2. The number of methoxy groups -OCH3 is 2. The predicted molar refractivity (Wildman–Crippen MR) is 154 cm³/mol. The lowest BCUT2D eigenvalue weighted by atomic mass is 9.97. The quantitative estimate of drug-likeness (QED) is 0.291. The number of para-hydroxylation sites is 2. The molecule has 210 valence electrons. The van der Waals surface area contributed by atoms with Crippen molar-refractivity contribution in [3.8, 4) is 11.5 Å². The van der Waals surface area contributed by atoms with Crippen molar-refractivity contribution in [3.05, 3.63) is 83.4 Å². The highest BCUT2D eigenvalue weighted by Gasteiger charge is 2.37. The standard InChI is InChI=1S/C31H37N5O4/c1-7-31(3,4)32-30(38)28(23-11-10-14-26(39-5)29(23)40-6)35(19-22-17-15-21(2)16-18-22)27(37)20-36-25-13-9-8-12-24(25)33-34-36/h8-18,28H,7,19-20H2,1-6H3,(H,32,38)/t28-/m1/s1. The molecule has 0 aliphatic heterocycles. The van der Waals surface area contributed by atoms with Crippen LogP contribution in [-0.2, 0) is 22.7 Å². The van der Waals surface area contributed by atoms with Crippen molar-refractivity contribution in [3.63, 3.8) is 0 Å². The zero-order valence-electron chi connectivity index (χ0n) is 24.0. The molecular formula is C31H37N5O4. The third kappa shape index (κ3) is 6.25. The third-order valence-corrected chi connectivity index (χ3v) is 7.13. The van der Waals surface area contributed by atoms with Gasteiger partial charge in [-0.1, -0.05) is 66.2 Å². The summed E-state index contributed by atoms with van der Waals surface area (Å²) in [6, 6.07) is 19.7. The van der Waals surface area contributed by atoms with Crippen LogP contribution >= 0.6 is 0 Å². The fourth-order valence-electron chi connectivity index (χ4n) is 4.53. The second-order valence-electron chi connectivity index (χ2n) is 10.5. The van der Waals surface area contributed by atoms with E-state index in [1.165, 1.54) is 7.11 Å². The highest BCUT2D eigenvalue weighted by molar-refractivity contribution is 5.90. The Bertz CT molecular complexity index is 1480. The minimum atomic E-state index is -1.01. The number of rotatable bonds is 11. The molecule has 0 bridgehead atoms. The number of amides is 2. The van der Waals surface area contributed by atoms with E-state index in [0.29, 0.717) is 29.0 Å². The van der Waals surface area contributed by atoms with Gasteiger partial charge in [0.15, 0.2) is 11.5 Å². The van der Waals surface area contributed by atoms with E-state index in [2.05, 4.69) is 15.6 Å². The molecule has 9 nitrogen and oxygen atoms in total. The van der Waals surface area contributed by atoms with Crippen LogP contribution in [0.4, 0.5) is 0 Å². The molecule has 40 heavy (non-hydrogen) atoms. The van der Waals surface area contributed by atoms with E-state index in [9.17, 15) is 9.59 Å². The van der Waals surface area contributed by atoms with E-state index in [-0.39, 0.29) is 24.9 Å². The first-order valence-corrected chi connectivity index (χ1v) is 13.3. The summed E-state index contributed by atoms with van der Waals surface area (Å²) in [5.41, 5.74) is 3.44. The van der Waals surface area contributed by atoms with Crippen molar-refractivity contribution in [2.45, 2.75) is 58.8 Å². The molecular weight excluding hydrogens is 506 g/mol. The number of aromatic nitrogens is 3. The lowest BCUT2D eigenvalue weighted by Crippen LogP contribution is -2.50. The normalized spacial score (nSPS) is 12.2. The smallest absolute Gasteiger partial charge is 0.248 e. The number of nitrogens with one attached hydrogen (secondary N) is 1. The molecule has 2 amide bonds. The van der Waals surface area contributed by atoms with Crippen molar-refractivity contribution < 1.29 is 19.1 Å². The predicted octanol–water partition coefficient (Wildman–Crippen LogP) is 4.83. The Kier molecular flexibility index (Phi) is 8.72. The molecule has 0 unspecified atom stereocenters. The fourth-order valence-corrected chi connectivity index (χ4v) is 4.53. The Morgan fingerprint density at radius 1 is 1.00 bits per heavy atom. The largest absolute Gasteiger partial charge is 0.493 e. The van der Waals surface area contributed by atoms with Gasteiger partial charge in [0, 0.05) is 17.6 Å². The molecule has 0 fully saturated rings. The maximum absolute atomic E-state index is 14.2. The lowest BCUT2D eigenvalue weighted by Gasteiger charge is -2.35. The number of nitrogens with zero attached hydrogens (tertiary/aromatic N) is 4. The van der Waals surface area contributed by atoms with Gasteiger partial charge in [-0.05, 0) is 51.0 Å². The van der Waals surface area contributed by atoms with Crippen LogP contribution in [-0.4, -0.2) is 51.5 Å². The zero-order chi connectivity index (χ0) is 28.9. The van der Waals surface area contributed by atoms with E-state index in [4.69, 9.17) is 9.47 Å². The Hall–Kier alpha value is -4.40. The third-order valence-electron chi connectivity index (χ3n) is 7.13. The molecule has 0 spiro atoms. The SMILES string of the molecule is CCC(C)(C)NC(=O)[C@@H](c1cccc(OC)c1OC)N(Cc1ccc(C)cc1)C(=O)Cn1nnc2ccccc21. The summed E-state index contributed by atoms with van der Waals surface area (Å²) in [5.74, 6) is 0.253. The van der Waals surface area contributed by atoms with E-state index in [0.717, 1.165) is 16.6 Å². The van der Waals surface area contributed by atoms with Crippen LogP contribution in [0.15, 0.2) is 66.7 Å². The van der Waals surface area contributed by atoms with Gasteiger partial charge in [0.05, 0.1) is 19.7 Å². The molecule has 1 atom stereocenters. The number of carbonyl (C=O) groups excluding carboxylic acids is 2. The number of carbonyl (C=O) groups is 2. The molecule has 9 heteroatoms. The molecule has 0 saturated carbocycles. The van der Waals surface area contributed by atoms with Crippen molar-refractivity contribution in [1.82, 2.24) is 25.2 Å². The number of ether oxygens (including phenoxy) is 2. The number of fused-ring (bicyclic) bond motifs is 1. The molecule has 0 aliphatic rings. The molecule has 0 saturated heterocycles. The molecule has 1 N–H and O–H groups in total. The Morgan fingerprint density at radius 3 is 2.40 bits per heavy atom. The summed E-state index contributed by atoms with van der Waals surface area (Å²) >= 11 is 0. The topological polar surface area (TPSA) is 98.6 Å². The monoisotopic (exact) mass is 543 g/mol. The number of hydrogen-bond donors (Lipinski definition) is 1. The van der Waals surface area contributed by atoms with Gasteiger partial charge in [-0.2, -0.15) is 0 Å². The molecule has 0 aliphatic carbocycles. The molecule has 0 radical (unpaired) electrons. The number of aryl methyl sites for hydroxylation is 1. The van der Waals surface area contributed by atoms with Gasteiger partial charge in [-0.15, -0.1) is 5.10 Å². The summed E-state index contributed by atoms with van der Waals surface area (Å²) in [6.45, 7) is 8.02. The highest BCUT2D eigenvalue weighted by atomic mass is 16.5. The maximum Gasteiger partial charge on any atom is 0.248 e. The van der Waals surface area contributed by atoms with Crippen molar-refractivity contribution in [1.29, 1.82) is 0 Å². The van der Waals surface area contributed by atoms with Crippen LogP contribution in [0.1, 0.15) is 49.9 Å². The summed E-state index contributed by atoms with van der Waals surface area (Å²) in [7, 11) is 3.07. The summed E-state index contributed by atoms with van der Waals surface area (Å²) in [5, 5.41) is 11.6. The van der Waals surface area contributed by atoms with Crippen molar-refractivity contribution in [2.75, 3.05) is 14.2 Å². The zero-order valence-corrected chi connectivity index (χ0v) is 24.0. The van der Waals surface area contributed by atoms with Crippen molar-refractivity contribution in [2.24, 2.45) is 0 Å². The van der Waals surface area contributed by atoms with Crippen LogP contribution in [0.3, 0.4) is 0 Å². The molecule has 4 aromatic rings. The minimum absolute atomic E-state index is 0.0976. The maximum atomic E-state index is 14.2. The molecule has 1 aromatic heterocycles. The highest BCUT2D eigenvalue weighted by Crippen LogP contribution is 2.38. The molecule has 3 aromatic carbocycles. The van der Waals surface area contributed by atoms with E-state index < -0.39 is 11.6 Å². The van der Waals surface area contributed by atoms with Gasteiger partial charge < -0.3 is 19.7 Å². The Labute approximate surface area is 235 Å². The van der Waals surface area contributed by atoms with Gasteiger partial charge >= 0.3 is 0 Å². The van der Waals surface area contributed by atoms with Gasteiger partial charge in [0.25, 0.3) is 0 Å². The van der Waals surface area contributed by atoms with Gasteiger partial charge in [-0.3, -0.25) is 9.59 Å². The Balaban J connectivity index is 1.85. The molecule has 4 rings (SSSR count). The average molecular weight is 544 g/mol. The average Bonchev–Trinajstić information content (AvgIpc) is 3.35. The number of benzene rings is 3. The van der Waals surface area contributed by atoms with Crippen LogP contribution in [0, 0.1) is 6.92 Å². The van der Waals surface area contributed by atoms with Gasteiger partial charge in [-0.25, -0.2) is 4.68 Å². The van der Waals surface area contributed by atoms with E-state index in [1.807, 2.05) is 76.2 Å². The summed E-state index contributed by atoms with van der Waals surface area (Å²) < 4.78 is 12.9.